The van der Waals surface area contributed by atoms with Gasteiger partial charge in [0.2, 0.25) is 0 Å². The Balaban J connectivity index is 1.60. The van der Waals surface area contributed by atoms with Gasteiger partial charge >= 0.3 is 0 Å². The minimum Gasteiger partial charge on any atom is -0.455 e. The molecule has 22 heavy (non-hydrogen) atoms. The van der Waals surface area contributed by atoms with E-state index in [1.165, 1.54) is 4.90 Å². The molecule has 1 aromatic carbocycles. The Morgan fingerprint density at radius 2 is 2.27 bits per heavy atom. The number of carbonyl (C=O) groups is 1. The molecule has 2 heterocycles. The van der Waals surface area contributed by atoms with Crippen molar-refractivity contribution in [3.05, 3.63) is 35.5 Å². The zero-order valence-electron chi connectivity index (χ0n) is 11.8. The molecule has 1 aliphatic rings. The zero-order valence-corrected chi connectivity index (χ0v) is 12.6. The lowest BCUT2D eigenvalue weighted by Crippen LogP contribution is -2.31. The molecule has 0 spiro atoms. The number of aromatic nitrogens is 1. The number of anilines is 1. The summed E-state index contributed by atoms with van der Waals surface area (Å²) in [4.78, 5) is 17.1. The third-order valence-corrected chi connectivity index (χ3v) is 3.69. The van der Waals surface area contributed by atoms with Crippen molar-refractivity contribution in [1.82, 2.24) is 9.88 Å². The summed E-state index contributed by atoms with van der Waals surface area (Å²) >= 11 is 5.97. The van der Waals surface area contributed by atoms with Gasteiger partial charge in [0.25, 0.3) is 11.9 Å². The summed E-state index contributed by atoms with van der Waals surface area (Å²) in [5.74, 6) is -0.158. The molecule has 6 nitrogen and oxygen atoms in total. The molecule has 114 valence electrons. The molecule has 0 unspecified atom stereocenters. The Labute approximate surface area is 132 Å². The van der Waals surface area contributed by atoms with Gasteiger partial charge in [0, 0.05) is 35.4 Å². The van der Waals surface area contributed by atoms with Crippen LogP contribution >= 0.6 is 11.6 Å². The van der Waals surface area contributed by atoms with Crippen molar-refractivity contribution in [2.45, 2.75) is 6.42 Å². The van der Waals surface area contributed by atoms with Gasteiger partial charge in [-0.1, -0.05) is 11.6 Å². The highest BCUT2D eigenvalue weighted by Gasteiger charge is 2.26. The number of carbonyl (C=O) groups excluding carboxylic acids is 1. The van der Waals surface area contributed by atoms with Crippen molar-refractivity contribution in [1.29, 1.82) is 5.41 Å². The zero-order chi connectivity index (χ0) is 15.5. The lowest BCUT2D eigenvalue weighted by atomic mass is 10.2. The smallest absolute Gasteiger partial charge is 0.291 e. The molecule has 0 aliphatic carbocycles. The molecule has 1 saturated heterocycles. The van der Waals surface area contributed by atoms with Crippen LogP contribution in [0.1, 0.15) is 6.42 Å². The van der Waals surface area contributed by atoms with E-state index in [4.69, 9.17) is 21.7 Å². The summed E-state index contributed by atoms with van der Waals surface area (Å²) in [6, 6.07) is 7.43. The summed E-state index contributed by atoms with van der Waals surface area (Å²) in [6.07, 6.45) is 2.45. The van der Waals surface area contributed by atoms with Crippen LogP contribution in [0.3, 0.4) is 0 Å². The standard InChI is InChI=1S/C15H15ClN4O2/c16-10-2-3-11-12(4-6-19-13(11)8-10)18-5-1-7-20-14(21)9-22-15(20)17/h2-4,6,8,17H,1,5,7,9H2,(H,18,19). The quantitative estimate of drug-likeness (QED) is 0.830. The number of rotatable bonds is 5. The van der Waals surface area contributed by atoms with Crippen LogP contribution in [0.5, 0.6) is 0 Å². The average Bonchev–Trinajstić information content (AvgIpc) is 2.82. The van der Waals surface area contributed by atoms with Crippen LogP contribution in [0.25, 0.3) is 10.9 Å². The second-order valence-corrected chi connectivity index (χ2v) is 5.38. The molecule has 1 aromatic heterocycles. The first kappa shape index (κ1) is 14.6. The third-order valence-electron chi connectivity index (χ3n) is 3.46. The number of halogens is 1. The Kier molecular flexibility index (Phi) is 4.11. The molecule has 2 aromatic rings. The molecule has 3 rings (SSSR count). The average molecular weight is 319 g/mol. The normalized spacial score (nSPS) is 14.5. The molecule has 2 N–H and O–H groups in total. The monoisotopic (exact) mass is 318 g/mol. The molecule has 1 aliphatic heterocycles. The number of benzene rings is 1. The van der Waals surface area contributed by atoms with Gasteiger partial charge in [-0.05, 0) is 30.7 Å². The van der Waals surface area contributed by atoms with Gasteiger partial charge in [0.05, 0.1) is 5.52 Å². The van der Waals surface area contributed by atoms with Crippen molar-refractivity contribution in [2.75, 3.05) is 25.0 Å². The first-order valence-electron chi connectivity index (χ1n) is 6.95. The SMILES string of the molecule is N=C1OCC(=O)N1CCCNc1ccnc2cc(Cl)ccc12. The van der Waals surface area contributed by atoms with E-state index in [0.29, 0.717) is 18.1 Å². The third kappa shape index (κ3) is 2.96. The van der Waals surface area contributed by atoms with Crippen molar-refractivity contribution in [3.63, 3.8) is 0 Å². The first-order chi connectivity index (χ1) is 10.6. The van der Waals surface area contributed by atoms with Crippen LogP contribution in [0.4, 0.5) is 5.69 Å². The molecule has 0 saturated carbocycles. The summed E-state index contributed by atoms with van der Waals surface area (Å²) in [6.45, 7) is 1.13. The van der Waals surface area contributed by atoms with Gasteiger partial charge in [-0.15, -0.1) is 0 Å². The van der Waals surface area contributed by atoms with Crippen LogP contribution in [-0.2, 0) is 9.53 Å². The Morgan fingerprint density at radius 3 is 3.05 bits per heavy atom. The number of hydrogen-bond acceptors (Lipinski definition) is 5. The number of amidine groups is 1. The van der Waals surface area contributed by atoms with Crippen LogP contribution in [-0.4, -0.2) is 41.5 Å². The number of fused-ring (bicyclic) bond motifs is 1. The van der Waals surface area contributed by atoms with Crippen molar-refractivity contribution in [2.24, 2.45) is 0 Å². The van der Waals surface area contributed by atoms with Gasteiger partial charge < -0.3 is 10.1 Å². The van der Waals surface area contributed by atoms with E-state index in [9.17, 15) is 4.79 Å². The summed E-state index contributed by atoms with van der Waals surface area (Å²) in [5, 5.41) is 12.5. The maximum Gasteiger partial charge on any atom is 0.291 e. The second kappa shape index (κ2) is 6.19. The number of nitrogens with one attached hydrogen (secondary N) is 2. The fourth-order valence-corrected chi connectivity index (χ4v) is 2.53. The lowest BCUT2D eigenvalue weighted by molar-refractivity contribution is -0.125. The predicted octanol–water partition coefficient (Wildman–Crippen LogP) is 2.48. The van der Waals surface area contributed by atoms with Crippen molar-refractivity contribution >= 4 is 40.1 Å². The van der Waals surface area contributed by atoms with E-state index in [1.807, 2.05) is 24.3 Å². The Bertz CT molecular complexity index is 719. The van der Waals surface area contributed by atoms with Gasteiger partial charge in [0.1, 0.15) is 0 Å². The van der Waals surface area contributed by atoms with E-state index >= 15 is 0 Å². The summed E-state index contributed by atoms with van der Waals surface area (Å²) < 4.78 is 4.88. The molecule has 1 amide bonds. The van der Waals surface area contributed by atoms with Gasteiger partial charge in [-0.25, -0.2) is 0 Å². The number of nitrogens with zero attached hydrogens (tertiary/aromatic N) is 2. The molecule has 1 fully saturated rings. The highest BCUT2D eigenvalue weighted by Crippen LogP contribution is 2.24. The molecule has 0 bridgehead atoms. The lowest BCUT2D eigenvalue weighted by Gasteiger charge is -2.14. The van der Waals surface area contributed by atoms with Crippen molar-refractivity contribution < 1.29 is 9.53 Å². The van der Waals surface area contributed by atoms with E-state index in [2.05, 4.69) is 10.3 Å². The van der Waals surface area contributed by atoms with Crippen LogP contribution in [0, 0.1) is 5.41 Å². The number of ether oxygens (including phenoxy) is 1. The fraction of sp³-hybridized carbons (Fsp3) is 0.267. The van der Waals surface area contributed by atoms with Gasteiger partial charge in [0.15, 0.2) is 6.61 Å². The Morgan fingerprint density at radius 1 is 1.41 bits per heavy atom. The highest BCUT2D eigenvalue weighted by atomic mass is 35.5. The van der Waals surface area contributed by atoms with Gasteiger partial charge in [-0.2, -0.15) is 0 Å². The second-order valence-electron chi connectivity index (χ2n) is 4.94. The minimum absolute atomic E-state index is 0.0258. The molecule has 7 heteroatoms. The maximum absolute atomic E-state index is 11.5. The van der Waals surface area contributed by atoms with E-state index in [0.717, 1.165) is 23.0 Å². The number of hydrogen-bond donors (Lipinski definition) is 2. The summed E-state index contributed by atoms with van der Waals surface area (Å²) in [5.41, 5.74) is 1.81. The van der Waals surface area contributed by atoms with E-state index in [1.54, 1.807) is 6.20 Å². The molecule has 0 atom stereocenters. The topological polar surface area (TPSA) is 78.3 Å². The van der Waals surface area contributed by atoms with E-state index in [-0.39, 0.29) is 18.5 Å². The van der Waals surface area contributed by atoms with Crippen LogP contribution in [0.15, 0.2) is 30.5 Å². The molecule has 0 radical (unpaired) electrons. The largest absolute Gasteiger partial charge is 0.455 e. The predicted molar refractivity (Wildman–Crippen MR) is 85.3 cm³/mol. The molecular formula is C15H15ClN4O2. The number of pyridine rings is 1. The van der Waals surface area contributed by atoms with Crippen LogP contribution < -0.4 is 5.32 Å². The van der Waals surface area contributed by atoms with Crippen LogP contribution in [0.2, 0.25) is 5.02 Å². The first-order valence-corrected chi connectivity index (χ1v) is 7.33. The Hall–Kier alpha value is -2.34. The van der Waals surface area contributed by atoms with E-state index < -0.39 is 0 Å². The minimum atomic E-state index is -0.158. The number of amides is 1. The van der Waals surface area contributed by atoms with Crippen molar-refractivity contribution in [3.8, 4) is 0 Å². The molecular weight excluding hydrogens is 304 g/mol. The summed E-state index contributed by atoms with van der Waals surface area (Å²) in [7, 11) is 0. The van der Waals surface area contributed by atoms with Gasteiger partial charge in [-0.3, -0.25) is 20.1 Å². The highest BCUT2D eigenvalue weighted by molar-refractivity contribution is 6.31. The fourth-order valence-electron chi connectivity index (χ4n) is 2.36. The maximum atomic E-state index is 11.5.